The highest BCUT2D eigenvalue weighted by Gasteiger charge is 2.29. The van der Waals surface area contributed by atoms with Gasteiger partial charge in [-0.3, -0.25) is 9.78 Å². The number of carbonyl (C=O) groups excluding carboxylic acids is 1. The normalized spacial score (nSPS) is 19.8. The summed E-state index contributed by atoms with van der Waals surface area (Å²) in [5, 5.41) is 7.29. The number of halogens is 2. The van der Waals surface area contributed by atoms with Crippen molar-refractivity contribution in [2.24, 2.45) is 5.92 Å². The lowest BCUT2D eigenvalue weighted by Gasteiger charge is -2.31. The third-order valence-corrected chi connectivity index (χ3v) is 7.65. The number of nitrogens with zero attached hydrogens (tertiary/aromatic N) is 3. The summed E-state index contributed by atoms with van der Waals surface area (Å²) in [6, 6.07) is 2.60. The molecular formula is C29H33F2N5O4. The average Bonchev–Trinajstić information content (AvgIpc) is 2.98. The molecule has 4 heterocycles. The van der Waals surface area contributed by atoms with E-state index in [9.17, 15) is 4.79 Å². The molecule has 0 bridgehead atoms. The summed E-state index contributed by atoms with van der Waals surface area (Å²) < 4.78 is 46.8. The van der Waals surface area contributed by atoms with E-state index in [1.807, 2.05) is 0 Å². The quantitative estimate of drug-likeness (QED) is 0.373. The molecule has 2 aromatic heterocycles. The van der Waals surface area contributed by atoms with Gasteiger partial charge in [-0.1, -0.05) is 6.58 Å². The Labute approximate surface area is 231 Å². The lowest BCUT2D eigenvalue weighted by atomic mass is 9.90. The zero-order chi connectivity index (χ0) is 28.2. The zero-order valence-electron chi connectivity index (χ0n) is 22.6. The summed E-state index contributed by atoms with van der Waals surface area (Å²) in [6.07, 6.45) is 5.67. The van der Waals surface area contributed by atoms with E-state index in [4.69, 9.17) is 24.2 Å². The molecule has 3 aromatic rings. The monoisotopic (exact) mass is 553 g/mol. The van der Waals surface area contributed by atoms with Gasteiger partial charge < -0.3 is 24.8 Å². The first-order valence-electron chi connectivity index (χ1n) is 13.4. The van der Waals surface area contributed by atoms with Crippen molar-refractivity contribution >= 4 is 22.6 Å². The van der Waals surface area contributed by atoms with Crippen LogP contribution in [0.25, 0.3) is 22.2 Å². The van der Waals surface area contributed by atoms with Gasteiger partial charge in [0, 0.05) is 36.6 Å². The molecule has 0 aliphatic carbocycles. The summed E-state index contributed by atoms with van der Waals surface area (Å²) >= 11 is 0. The van der Waals surface area contributed by atoms with Gasteiger partial charge in [0.1, 0.15) is 0 Å². The summed E-state index contributed by atoms with van der Waals surface area (Å²) in [6.45, 7) is 6.18. The largest absolute Gasteiger partial charge is 0.494 e. The van der Waals surface area contributed by atoms with E-state index < -0.39 is 11.6 Å². The van der Waals surface area contributed by atoms with Gasteiger partial charge in [-0.15, -0.1) is 0 Å². The molecule has 0 radical (unpaired) electrons. The van der Waals surface area contributed by atoms with Crippen LogP contribution in [-0.2, 0) is 9.53 Å². The summed E-state index contributed by atoms with van der Waals surface area (Å²) in [5.74, 6) is -1.57. The molecule has 0 saturated carbocycles. The molecular weight excluding hydrogens is 520 g/mol. The summed E-state index contributed by atoms with van der Waals surface area (Å²) in [4.78, 5) is 26.2. The first-order chi connectivity index (χ1) is 19.4. The van der Waals surface area contributed by atoms with Crippen LogP contribution in [0.3, 0.4) is 0 Å². The first-order valence-corrected chi connectivity index (χ1v) is 13.4. The fraction of sp³-hybridized carbons (Fsp3) is 0.448. The van der Waals surface area contributed by atoms with Crippen LogP contribution < -0.4 is 20.1 Å². The third-order valence-electron chi connectivity index (χ3n) is 7.65. The Bertz CT molecular complexity index is 1380. The maximum Gasteiger partial charge on any atom is 0.223 e. The number of allylic oxidation sites excluding steroid dienone is 1. The number of carbonyl (C=O) groups is 1. The second kappa shape index (κ2) is 12.2. The van der Waals surface area contributed by atoms with Crippen molar-refractivity contribution in [2.45, 2.75) is 37.6 Å². The molecule has 9 nitrogen and oxygen atoms in total. The molecule has 0 unspecified atom stereocenters. The molecule has 0 spiro atoms. The van der Waals surface area contributed by atoms with Crippen LogP contribution in [0.15, 0.2) is 31.0 Å². The molecule has 5 rings (SSSR count). The van der Waals surface area contributed by atoms with Crippen LogP contribution in [0.1, 0.15) is 37.3 Å². The van der Waals surface area contributed by atoms with Gasteiger partial charge in [0.15, 0.2) is 28.9 Å². The summed E-state index contributed by atoms with van der Waals surface area (Å²) in [7, 11) is 2.62. The Hall–Kier alpha value is -3.70. The lowest BCUT2D eigenvalue weighted by molar-refractivity contribution is -0.116. The van der Waals surface area contributed by atoms with Crippen molar-refractivity contribution in [2.75, 3.05) is 45.8 Å². The zero-order valence-corrected chi connectivity index (χ0v) is 22.6. The molecule has 0 amide bonds. The van der Waals surface area contributed by atoms with Gasteiger partial charge in [0.2, 0.25) is 5.95 Å². The number of ether oxygens (including phenoxy) is 3. The minimum absolute atomic E-state index is 0.0170. The molecule has 212 valence electrons. The molecule has 2 aliphatic heterocycles. The van der Waals surface area contributed by atoms with Gasteiger partial charge in [0.05, 0.1) is 49.3 Å². The van der Waals surface area contributed by atoms with Crippen LogP contribution in [-0.4, -0.2) is 67.3 Å². The Balaban J connectivity index is 1.59. The minimum atomic E-state index is -0.861. The van der Waals surface area contributed by atoms with Crippen LogP contribution in [0.5, 0.6) is 11.5 Å². The van der Waals surface area contributed by atoms with Crippen molar-refractivity contribution in [1.82, 2.24) is 20.3 Å². The number of pyridine rings is 1. The maximum atomic E-state index is 15.4. The fourth-order valence-electron chi connectivity index (χ4n) is 5.45. The van der Waals surface area contributed by atoms with Gasteiger partial charge in [-0.25, -0.2) is 18.7 Å². The number of aromatic nitrogens is 3. The molecule has 2 N–H and O–H groups in total. The van der Waals surface area contributed by atoms with Gasteiger partial charge in [-0.2, -0.15) is 0 Å². The number of methoxy groups -OCH3 is 2. The highest BCUT2D eigenvalue weighted by molar-refractivity contribution is 5.89. The predicted octanol–water partition coefficient (Wildman–Crippen LogP) is 4.42. The maximum absolute atomic E-state index is 15.4. The SMILES string of the molecule is C=CC(=O)C[C@H]1CCOC[C@H]1Nc1ncc2cc(-c3c(F)c(OC)cc(OC)c3F)nc(C3CCNCC3)c2n1. The van der Waals surface area contributed by atoms with Crippen LogP contribution in [0.4, 0.5) is 14.7 Å². The van der Waals surface area contributed by atoms with E-state index in [0.717, 1.165) is 32.4 Å². The van der Waals surface area contributed by atoms with Gasteiger partial charge >= 0.3 is 0 Å². The Morgan fingerprint density at radius 2 is 1.88 bits per heavy atom. The Kier molecular flexibility index (Phi) is 8.51. The number of rotatable bonds is 9. The van der Waals surface area contributed by atoms with Crippen molar-refractivity contribution in [3.8, 4) is 22.8 Å². The number of anilines is 1. The standard InChI is InChI=1S/C29H33F2N5O4/c1-4-19(37)11-17-7-10-40-15-21(17)35-29-33-14-18-12-20(24-25(30)22(38-2)13-23(39-3)26(24)31)34-27(28(18)36-29)16-5-8-32-9-6-16/h4,12-14,16-17,21,32H,1,5-11,15H2,2-3H3,(H,33,35,36)/t17-,21-/m1/s1. The molecule has 1 aromatic carbocycles. The number of nitrogens with one attached hydrogen (secondary N) is 2. The highest BCUT2D eigenvalue weighted by Crippen LogP contribution is 2.39. The highest BCUT2D eigenvalue weighted by atomic mass is 19.1. The predicted molar refractivity (Wildman–Crippen MR) is 147 cm³/mol. The van der Waals surface area contributed by atoms with Crippen LogP contribution in [0.2, 0.25) is 0 Å². The molecule has 2 saturated heterocycles. The first kappa shape index (κ1) is 27.9. The Morgan fingerprint density at radius 1 is 1.15 bits per heavy atom. The summed E-state index contributed by atoms with van der Waals surface area (Å²) in [5.41, 5.74) is 1.04. The molecule has 2 aliphatic rings. The number of ketones is 1. The number of fused-ring (bicyclic) bond motifs is 1. The van der Waals surface area contributed by atoms with E-state index in [-0.39, 0.29) is 46.4 Å². The lowest BCUT2D eigenvalue weighted by Crippen LogP contribution is -2.40. The van der Waals surface area contributed by atoms with E-state index in [0.29, 0.717) is 42.2 Å². The van der Waals surface area contributed by atoms with Crippen molar-refractivity contribution in [1.29, 1.82) is 0 Å². The van der Waals surface area contributed by atoms with Crippen LogP contribution in [0, 0.1) is 17.6 Å². The number of hydrogen-bond donors (Lipinski definition) is 2. The van der Waals surface area contributed by atoms with Crippen molar-refractivity contribution in [3.63, 3.8) is 0 Å². The Morgan fingerprint density at radius 3 is 2.55 bits per heavy atom. The van der Waals surface area contributed by atoms with E-state index in [1.54, 1.807) is 12.3 Å². The number of hydrogen-bond acceptors (Lipinski definition) is 9. The second-order valence-corrected chi connectivity index (χ2v) is 10.1. The van der Waals surface area contributed by atoms with E-state index >= 15 is 8.78 Å². The van der Waals surface area contributed by atoms with Crippen molar-refractivity contribution < 1.29 is 27.8 Å². The molecule has 2 atom stereocenters. The average molecular weight is 554 g/mol. The fourth-order valence-corrected chi connectivity index (χ4v) is 5.45. The van der Waals surface area contributed by atoms with Crippen molar-refractivity contribution in [3.05, 3.63) is 48.3 Å². The smallest absolute Gasteiger partial charge is 0.223 e. The van der Waals surface area contributed by atoms with E-state index in [2.05, 4.69) is 22.2 Å². The molecule has 40 heavy (non-hydrogen) atoms. The molecule has 11 heteroatoms. The minimum Gasteiger partial charge on any atom is -0.494 e. The number of benzene rings is 1. The van der Waals surface area contributed by atoms with Gasteiger partial charge in [-0.05, 0) is 50.4 Å². The van der Waals surface area contributed by atoms with Crippen LogP contribution >= 0.6 is 0 Å². The van der Waals surface area contributed by atoms with E-state index in [1.165, 1.54) is 26.4 Å². The third kappa shape index (κ3) is 5.62. The molecule has 2 fully saturated rings. The second-order valence-electron chi connectivity index (χ2n) is 10.1. The number of piperidine rings is 1. The topological polar surface area (TPSA) is 107 Å². The van der Waals surface area contributed by atoms with Gasteiger partial charge in [0.25, 0.3) is 0 Å².